The Balaban J connectivity index is 1.51. The van der Waals surface area contributed by atoms with Crippen molar-refractivity contribution in [3.63, 3.8) is 0 Å². The fourth-order valence-electron chi connectivity index (χ4n) is 6.50. The van der Waals surface area contributed by atoms with Crippen LogP contribution in [0, 0.1) is 0 Å². The first-order valence-corrected chi connectivity index (χ1v) is 15.9. The molecule has 2 aliphatic heterocycles. The first-order chi connectivity index (χ1) is 22.4. The van der Waals surface area contributed by atoms with Gasteiger partial charge < -0.3 is 14.7 Å². The number of anilines is 3. The molecule has 46 heavy (non-hydrogen) atoms. The molecule has 1 fully saturated rings. The van der Waals surface area contributed by atoms with E-state index >= 15 is 0 Å². The maximum absolute atomic E-state index is 13.2. The van der Waals surface area contributed by atoms with Gasteiger partial charge in [0.1, 0.15) is 16.6 Å². The predicted octanol–water partition coefficient (Wildman–Crippen LogP) is 8.15. The van der Waals surface area contributed by atoms with E-state index in [-0.39, 0.29) is 4.32 Å². The average Bonchev–Trinajstić information content (AvgIpc) is 3.34. The predicted molar refractivity (Wildman–Crippen MR) is 187 cm³/mol. The number of nitrogens with zero attached hydrogens (tertiary/aromatic N) is 2. The van der Waals surface area contributed by atoms with Gasteiger partial charge in [0.25, 0.3) is 5.91 Å². The molecule has 6 nitrogen and oxygen atoms in total. The summed E-state index contributed by atoms with van der Waals surface area (Å²) in [5.74, 6) is -0.746. The zero-order valence-electron chi connectivity index (χ0n) is 24.8. The number of methoxy groups -OCH3 is 1. The number of ether oxygens (including phenoxy) is 1. The van der Waals surface area contributed by atoms with Crippen LogP contribution in [0.15, 0.2) is 132 Å². The van der Waals surface area contributed by atoms with E-state index in [1.165, 1.54) is 0 Å². The van der Waals surface area contributed by atoms with Gasteiger partial charge in [-0.2, -0.15) is 0 Å². The third kappa shape index (κ3) is 4.87. The van der Waals surface area contributed by atoms with Gasteiger partial charge in [0.15, 0.2) is 0 Å². The van der Waals surface area contributed by atoms with E-state index in [0.717, 1.165) is 67.3 Å². The number of aliphatic carboxylic acids is 1. The minimum Gasteiger partial charge on any atom is -0.497 e. The summed E-state index contributed by atoms with van der Waals surface area (Å²) < 4.78 is 5.70. The first kappa shape index (κ1) is 29.5. The molecule has 5 aromatic rings. The number of carboxylic acids is 1. The van der Waals surface area contributed by atoms with Crippen molar-refractivity contribution in [2.24, 2.45) is 0 Å². The topological polar surface area (TPSA) is 70.1 Å². The van der Waals surface area contributed by atoms with E-state index in [9.17, 15) is 14.7 Å². The molecule has 0 bridgehead atoms. The van der Waals surface area contributed by atoms with E-state index in [1.54, 1.807) is 13.2 Å². The summed E-state index contributed by atoms with van der Waals surface area (Å²) in [6, 6.07) is 43.7. The molecule has 1 amide bonds. The second-order valence-electron chi connectivity index (χ2n) is 11.0. The summed E-state index contributed by atoms with van der Waals surface area (Å²) in [7, 11) is 1.66. The lowest BCUT2D eigenvalue weighted by Crippen LogP contribution is -2.37. The molecule has 226 valence electrons. The molecule has 0 atom stereocenters. The fraction of sp³-hybridized carbons (Fsp3) is 0.0789. The highest BCUT2D eigenvalue weighted by Crippen LogP contribution is 2.58. The van der Waals surface area contributed by atoms with Crippen LogP contribution in [-0.2, 0) is 15.0 Å². The Hall–Kier alpha value is -5.18. The lowest BCUT2D eigenvalue weighted by atomic mass is 9.62. The van der Waals surface area contributed by atoms with Crippen molar-refractivity contribution < 1.29 is 19.4 Å². The second kappa shape index (κ2) is 12.0. The van der Waals surface area contributed by atoms with Gasteiger partial charge in [0.2, 0.25) is 0 Å². The summed E-state index contributed by atoms with van der Waals surface area (Å²) in [5, 5.41) is 9.33. The lowest BCUT2D eigenvalue weighted by Gasteiger charge is -2.46. The highest BCUT2D eigenvalue weighted by molar-refractivity contribution is 8.26. The maximum atomic E-state index is 13.2. The van der Waals surface area contributed by atoms with Crippen LogP contribution in [-0.4, -0.2) is 39.9 Å². The van der Waals surface area contributed by atoms with Gasteiger partial charge in [-0.25, -0.2) is 0 Å². The number of thiocarbonyl (C=S) groups is 1. The van der Waals surface area contributed by atoms with Crippen molar-refractivity contribution >= 4 is 63.3 Å². The molecular formula is C38H28N2O4S2. The third-order valence-electron chi connectivity index (χ3n) is 8.42. The Morgan fingerprint density at radius 2 is 1.43 bits per heavy atom. The van der Waals surface area contributed by atoms with Gasteiger partial charge in [-0.15, -0.1) is 0 Å². The number of hydrogen-bond donors (Lipinski definition) is 1. The number of amides is 1. The van der Waals surface area contributed by atoms with Crippen LogP contribution in [0.1, 0.15) is 27.8 Å². The molecule has 0 radical (unpaired) electrons. The van der Waals surface area contributed by atoms with Gasteiger partial charge in [0, 0.05) is 5.69 Å². The zero-order valence-corrected chi connectivity index (χ0v) is 26.4. The van der Waals surface area contributed by atoms with Crippen LogP contribution in [0.3, 0.4) is 0 Å². The van der Waals surface area contributed by atoms with E-state index < -0.39 is 23.8 Å². The fourth-order valence-corrected chi connectivity index (χ4v) is 7.75. The largest absolute Gasteiger partial charge is 0.497 e. The van der Waals surface area contributed by atoms with Gasteiger partial charge in [0.05, 0.1) is 28.8 Å². The molecule has 2 aliphatic rings. The Kier molecular flexibility index (Phi) is 7.68. The average molecular weight is 641 g/mol. The molecule has 1 N–H and O–H groups in total. The highest BCUT2D eigenvalue weighted by Gasteiger charge is 2.46. The second-order valence-corrected chi connectivity index (χ2v) is 12.6. The van der Waals surface area contributed by atoms with Crippen molar-refractivity contribution in [3.05, 3.63) is 160 Å². The molecular weight excluding hydrogens is 613 g/mol. The van der Waals surface area contributed by atoms with Crippen molar-refractivity contribution in [1.29, 1.82) is 0 Å². The third-order valence-corrected chi connectivity index (χ3v) is 9.80. The molecule has 0 unspecified atom stereocenters. The lowest BCUT2D eigenvalue weighted by molar-refractivity contribution is -0.140. The monoisotopic (exact) mass is 640 g/mol. The molecule has 0 spiro atoms. The van der Waals surface area contributed by atoms with Gasteiger partial charge >= 0.3 is 5.97 Å². The molecule has 0 aromatic heterocycles. The Morgan fingerprint density at radius 3 is 2.07 bits per heavy atom. The minimum absolute atomic E-state index is 0.235. The Labute approximate surface area is 276 Å². The summed E-state index contributed by atoms with van der Waals surface area (Å²) in [6.07, 6.45) is 1.81. The quantitative estimate of drug-likeness (QED) is 0.140. The van der Waals surface area contributed by atoms with E-state index in [1.807, 2.05) is 30.3 Å². The number of carboxylic acid groups (broad SMARTS) is 1. The van der Waals surface area contributed by atoms with Crippen LogP contribution < -0.4 is 9.64 Å². The van der Waals surface area contributed by atoms with Crippen LogP contribution in [0.25, 0.3) is 6.08 Å². The standard InChI is InChI=1S/C38H28N2O4S2/c1-44-29-19-17-28(18-20-29)40-32-15-9-8-14-30(32)38(26-10-4-2-5-11-26,27-12-6-3-7-13-27)31-22-25(16-21-33(31)40)23-34-36(43)39(24-35(41)42)37(45)46-34/h2-23H,24H2,1H3,(H,41,42)/b34-23-. The number of carbonyl (C=O) groups excluding carboxylic acids is 1. The number of rotatable bonds is 7. The SMILES string of the molecule is COc1ccc(N2c3ccccc3C(c3ccccc3)(c3ccccc3)c3cc(/C=C4\SC(=S)N(CC(=O)O)C4=O)ccc32)cc1. The molecule has 8 heteroatoms. The van der Waals surface area contributed by atoms with Crippen molar-refractivity contribution in [2.45, 2.75) is 5.41 Å². The Bertz CT molecular complexity index is 1970. The molecule has 1 saturated heterocycles. The van der Waals surface area contributed by atoms with Crippen molar-refractivity contribution in [3.8, 4) is 5.75 Å². The normalized spacial score (nSPS) is 15.9. The number of carbonyl (C=O) groups is 2. The minimum atomic E-state index is -1.11. The highest BCUT2D eigenvalue weighted by atomic mass is 32.2. The summed E-state index contributed by atoms with van der Waals surface area (Å²) in [4.78, 5) is 28.4. The number of benzene rings is 5. The van der Waals surface area contributed by atoms with E-state index in [0.29, 0.717) is 4.91 Å². The molecule has 0 saturated carbocycles. The maximum Gasteiger partial charge on any atom is 0.323 e. The van der Waals surface area contributed by atoms with E-state index in [2.05, 4.69) is 102 Å². The summed E-state index contributed by atoms with van der Waals surface area (Å²) >= 11 is 6.49. The van der Waals surface area contributed by atoms with Crippen LogP contribution in [0.4, 0.5) is 17.1 Å². The van der Waals surface area contributed by atoms with Crippen molar-refractivity contribution in [1.82, 2.24) is 4.90 Å². The zero-order chi connectivity index (χ0) is 31.8. The number of thioether (sulfide) groups is 1. The molecule has 0 aliphatic carbocycles. The van der Waals surface area contributed by atoms with Gasteiger partial charge in [-0.05, 0) is 76.4 Å². The van der Waals surface area contributed by atoms with Crippen LogP contribution >= 0.6 is 24.0 Å². The number of hydrogen-bond acceptors (Lipinski definition) is 6. The van der Waals surface area contributed by atoms with Gasteiger partial charge in [-0.1, -0.05) is 109 Å². The number of fused-ring (bicyclic) bond motifs is 2. The van der Waals surface area contributed by atoms with Crippen molar-refractivity contribution in [2.75, 3.05) is 18.6 Å². The van der Waals surface area contributed by atoms with Crippen LogP contribution in [0.5, 0.6) is 5.75 Å². The number of para-hydroxylation sites is 1. The molecule has 2 heterocycles. The smallest absolute Gasteiger partial charge is 0.323 e. The van der Waals surface area contributed by atoms with E-state index in [4.69, 9.17) is 17.0 Å². The first-order valence-electron chi connectivity index (χ1n) is 14.7. The van der Waals surface area contributed by atoms with Gasteiger partial charge in [-0.3, -0.25) is 14.5 Å². The molecule has 5 aromatic carbocycles. The Morgan fingerprint density at radius 1 is 0.826 bits per heavy atom. The summed E-state index contributed by atoms with van der Waals surface area (Å²) in [5.41, 5.74) is 7.48. The molecule has 7 rings (SSSR count). The van der Waals surface area contributed by atoms with Crippen LogP contribution in [0.2, 0.25) is 0 Å². The summed E-state index contributed by atoms with van der Waals surface area (Å²) in [6.45, 7) is -0.467.